The number of nitrogens with one attached hydrogen (secondary N) is 2. The lowest BCUT2D eigenvalue weighted by molar-refractivity contribution is -0.119. The largest absolute Gasteiger partial charge is 0.351 e. The van der Waals surface area contributed by atoms with Crippen LogP contribution in [-0.4, -0.2) is 45.0 Å². The van der Waals surface area contributed by atoms with Gasteiger partial charge < -0.3 is 10.6 Å². The molecule has 0 spiro atoms. The molecular weight excluding hydrogens is 350 g/mol. The molecule has 1 aliphatic heterocycles. The average Bonchev–Trinajstić information content (AvgIpc) is 2.48. The van der Waals surface area contributed by atoms with Crippen LogP contribution in [0.15, 0.2) is 18.2 Å². The third-order valence-corrected chi connectivity index (χ3v) is 6.02. The fourth-order valence-corrected chi connectivity index (χ4v) is 4.78. The average molecular weight is 374 g/mol. The zero-order chi connectivity index (χ0) is 18.6. The summed E-state index contributed by atoms with van der Waals surface area (Å²) < 4.78 is 50.6. The maximum atomic E-state index is 13.5. The number of carbonyl (C=O) groups is 1. The van der Waals surface area contributed by atoms with Crippen molar-refractivity contribution in [3.63, 3.8) is 0 Å². The summed E-state index contributed by atoms with van der Waals surface area (Å²) in [6.07, 6.45) is 0.634. The van der Waals surface area contributed by atoms with Crippen molar-refractivity contribution < 1.29 is 22.0 Å². The molecular formula is C17H24F2N2O3S. The molecule has 0 aromatic heterocycles. The van der Waals surface area contributed by atoms with Gasteiger partial charge in [0.25, 0.3) is 0 Å². The Morgan fingerprint density at radius 2 is 2.04 bits per heavy atom. The summed E-state index contributed by atoms with van der Waals surface area (Å²) in [7, 11) is -3.47. The van der Waals surface area contributed by atoms with Crippen LogP contribution in [0, 0.1) is 17.6 Å². The first-order chi connectivity index (χ1) is 11.7. The van der Waals surface area contributed by atoms with Crippen LogP contribution in [0.5, 0.6) is 0 Å². The minimum Gasteiger partial charge on any atom is -0.351 e. The minimum absolute atomic E-state index is 0.0457. The lowest BCUT2D eigenvalue weighted by Crippen LogP contribution is -2.51. The van der Waals surface area contributed by atoms with Crippen molar-refractivity contribution in [2.75, 3.05) is 24.6 Å². The monoisotopic (exact) mass is 374 g/mol. The summed E-state index contributed by atoms with van der Waals surface area (Å²) in [6.45, 7) is 4.68. The van der Waals surface area contributed by atoms with Crippen molar-refractivity contribution in [2.45, 2.75) is 32.2 Å². The number of hydrogen-bond acceptors (Lipinski definition) is 4. The summed E-state index contributed by atoms with van der Waals surface area (Å²) in [4.78, 5) is 12.2. The standard InChI is InChI=1S/C17H24F2N2O3S/c1-11(2)9-25(23,24)10-17(22)21-16-8-20-6-5-13(16)12-3-4-14(18)15(19)7-12/h3-4,7,11,13,16,20H,5-6,8-10H2,1-2H3,(H,21,22). The first-order valence-electron chi connectivity index (χ1n) is 8.33. The van der Waals surface area contributed by atoms with Crippen molar-refractivity contribution in [1.82, 2.24) is 10.6 Å². The van der Waals surface area contributed by atoms with E-state index >= 15 is 0 Å². The molecule has 2 unspecified atom stereocenters. The van der Waals surface area contributed by atoms with Gasteiger partial charge in [-0.15, -0.1) is 0 Å². The Hall–Kier alpha value is -1.54. The second-order valence-corrected chi connectivity index (χ2v) is 9.00. The van der Waals surface area contributed by atoms with Crippen LogP contribution in [0.25, 0.3) is 0 Å². The van der Waals surface area contributed by atoms with Crippen LogP contribution >= 0.6 is 0 Å². The molecule has 0 aliphatic carbocycles. The third kappa shape index (κ3) is 5.74. The van der Waals surface area contributed by atoms with E-state index in [9.17, 15) is 22.0 Å². The molecule has 0 saturated carbocycles. The van der Waals surface area contributed by atoms with Crippen LogP contribution in [-0.2, 0) is 14.6 Å². The zero-order valence-corrected chi connectivity index (χ0v) is 15.2. The molecule has 5 nitrogen and oxygen atoms in total. The molecule has 1 fully saturated rings. The Kier molecular flexibility index (Phi) is 6.51. The van der Waals surface area contributed by atoms with Crippen LogP contribution in [0.2, 0.25) is 0 Å². The second kappa shape index (κ2) is 8.23. The smallest absolute Gasteiger partial charge is 0.235 e. The Morgan fingerprint density at radius 3 is 2.68 bits per heavy atom. The fourth-order valence-electron chi connectivity index (χ4n) is 3.17. The third-order valence-electron chi connectivity index (χ3n) is 4.14. The van der Waals surface area contributed by atoms with E-state index in [1.165, 1.54) is 6.07 Å². The number of hydrogen-bond donors (Lipinski definition) is 2. The number of carbonyl (C=O) groups excluding carboxylic acids is 1. The Balaban J connectivity index is 2.07. The molecule has 1 aromatic rings. The Labute approximate surface area is 147 Å². The van der Waals surface area contributed by atoms with E-state index in [-0.39, 0.29) is 23.6 Å². The maximum Gasteiger partial charge on any atom is 0.235 e. The van der Waals surface area contributed by atoms with Gasteiger partial charge in [-0.1, -0.05) is 19.9 Å². The SMILES string of the molecule is CC(C)CS(=O)(=O)CC(=O)NC1CNCCC1c1ccc(F)c(F)c1. The first-order valence-corrected chi connectivity index (χ1v) is 10.2. The highest BCUT2D eigenvalue weighted by molar-refractivity contribution is 7.92. The summed E-state index contributed by atoms with van der Waals surface area (Å²) in [5.41, 5.74) is 0.593. The van der Waals surface area contributed by atoms with Gasteiger partial charge in [0.05, 0.1) is 5.75 Å². The Morgan fingerprint density at radius 1 is 1.32 bits per heavy atom. The highest BCUT2D eigenvalue weighted by Gasteiger charge is 2.29. The van der Waals surface area contributed by atoms with Gasteiger partial charge in [-0.3, -0.25) is 4.79 Å². The summed E-state index contributed by atoms with van der Waals surface area (Å²) in [6, 6.07) is 3.34. The molecule has 8 heteroatoms. The van der Waals surface area contributed by atoms with Gasteiger partial charge in [0, 0.05) is 18.5 Å². The molecule has 2 N–H and O–H groups in total. The molecule has 25 heavy (non-hydrogen) atoms. The molecule has 1 aliphatic rings. The van der Waals surface area contributed by atoms with E-state index in [1.54, 1.807) is 13.8 Å². The molecule has 0 bridgehead atoms. The molecule has 2 rings (SSSR count). The lowest BCUT2D eigenvalue weighted by Gasteiger charge is -2.33. The topological polar surface area (TPSA) is 75.3 Å². The predicted molar refractivity (Wildman–Crippen MR) is 92.0 cm³/mol. The highest BCUT2D eigenvalue weighted by atomic mass is 32.2. The number of halogens is 2. The number of amides is 1. The Bertz CT molecular complexity index is 723. The van der Waals surface area contributed by atoms with E-state index in [1.807, 2.05) is 0 Å². The maximum absolute atomic E-state index is 13.5. The molecule has 0 radical (unpaired) electrons. The number of rotatable bonds is 6. The molecule has 1 heterocycles. The minimum atomic E-state index is -3.47. The highest BCUT2D eigenvalue weighted by Crippen LogP contribution is 2.27. The first kappa shape index (κ1) is 19.8. The van der Waals surface area contributed by atoms with Crippen LogP contribution in [0.1, 0.15) is 31.7 Å². The molecule has 140 valence electrons. The van der Waals surface area contributed by atoms with Crippen molar-refractivity contribution in [3.05, 3.63) is 35.4 Å². The molecule has 1 amide bonds. The number of sulfone groups is 1. The van der Waals surface area contributed by atoms with Crippen molar-refractivity contribution in [1.29, 1.82) is 0 Å². The van der Waals surface area contributed by atoms with Crippen molar-refractivity contribution in [3.8, 4) is 0 Å². The summed E-state index contributed by atoms with van der Waals surface area (Å²) in [5.74, 6) is -3.28. The van der Waals surface area contributed by atoms with Crippen LogP contribution < -0.4 is 10.6 Å². The van der Waals surface area contributed by atoms with Gasteiger partial charge in [-0.2, -0.15) is 0 Å². The van der Waals surface area contributed by atoms with E-state index in [0.29, 0.717) is 25.1 Å². The van der Waals surface area contributed by atoms with Gasteiger partial charge >= 0.3 is 0 Å². The predicted octanol–water partition coefficient (Wildman–Crippen LogP) is 1.60. The van der Waals surface area contributed by atoms with Crippen molar-refractivity contribution >= 4 is 15.7 Å². The van der Waals surface area contributed by atoms with E-state index in [2.05, 4.69) is 10.6 Å². The molecule has 1 saturated heterocycles. The second-order valence-electron chi connectivity index (χ2n) is 6.90. The number of benzene rings is 1. The lowest BCUT2D eigenvalue weighted by atomic mass is 9.86. The van der Waals surface area contributed by atoms with Crippen LogP contribution in [0.4, 0.5) is 8.78 Å². The summed E-state index contributed by atoms with van der Waals surface area (Å²) in [5, 5.41) is 5.86. The van der Waals surface area contributed by atoms with Gasteiger partial charge in [-0.05, 0) is 36.6 Å². The molecule has 1 aromatic carbocycles. The fraction of sp³-hybridized carbons (Fsp3) is 0.588. The van der Waals surface area contributed by atoms with Crippen LogP contribution in [0.3, 0.4) is 0 Å². The van der Waals surface area contributed by atoms with Gasteiger partial charge in [-0.25, -0.2) is 17.2 Å². The molecule has 2 atom stereocenters. The normalized spacial score (nSPS) is 21.3. The van der Waals surface area contributed by atoms with Gasteiger partial charge in [0.15, 0.2) is 21.5 Å². The quantitative estimate of drug-likeness (QED) is 0.793. The van der Waals surface area contributed by atoms with E-state index in [4.69, 9.17) is 0 Å². The number of piperidine rings is 1. The summed E-state index contributed by atoms with van der Waals surface area (Å²) >= 11 is 0. The van der Waals surface area contributed by atoms with Gasteiger partial charge in [0.2, 0.25) is 5.91 Å². The van der Waals surface area contributed by atoms with E-state index in [0.717, 1.165) is 12.1 Å². The van der Waals surface area contributed by atoms with E-state index < -0.39 is 33.1 Å². The van der Waals surface area contributed by atoms with Crippen molar-refractivity contribution in [2.24, 2.45) is 5.92 Å². The van der Waals surface area contributed by atoms with Gasteiger partial charge in [0.1, 0.15) is 5.75 Å². The zero-order valence-electron chi connectivity index (χ0n) is 14.4.